The van der Waals surface area contributed by atoms with Crippen LogP contribution in [0.15, 0.2) is 24.3 Å². The third-order valence-corrected chi connectivity index (χ3v) is 8.23. The van der Waals surface area contributed by atoms with E-state index in [-0.39, 0.29) is 28.6 Å². The number of hydrogen-bond donors (Lipinski definition) is 1. The topological polar surface area (TPSA) is 65.7 Å². The summed E-state index contributed by atoms with van der Waals surface area (Å²) in [6.45, 7) is 0.992. The number of aromatic hydroxyl groups is 1. The van der Waals surface area contributed by atoms with Crippen molar-refractivity contribution in [2.24, 2.45) is 11.3 Å². The Bertz CT molecular complexity index is 921. The molecule has 2 spiro atoms. The third kappa shape index (κ3) is 1.22. The minimum Gasteiger partial charge on any atom is -0.504 e. The van der Waals surface area contributed by atoms with Crippen molar-refractivity contribution >= 4 is 0 Å². The number of hydrogen-bond acceptors (Lipinski definition) is 5. The molecule has 6 atom stereocenters. The highest BCUT2D eigenvalue weighted by Gasteiger charge is 2.79. The molecule has 1 aromatic carbocycles. The van der Waals surface area contributed by atoms with Crippen LogP contribution in [0.25, 0.3) is 0 Å². The van der Waals surface area contributed by atoms with Gasteiger partial charge in [0, 0.05) is 24.1 Å². The van der Waals surface area contributed by atoms with Crippen LogP contribution in [0.3, 0.4) is 0 Å². The average Bonchev–Trinajstić information content (AvgIpc) is 3.03. The molecule has 2 aliphatic heterocycles. The Labute approximate surface area is 152 Å². The molecule has 6 aliphatic rings. The Morgan fingerprint density at radius 2 is 2.23 bits per heavy atom. The molecular formula is C21H22N2O3. The lowest BCUT2D eigenvalue weighted by molar-refractivity contribution is -0.203. The van der Waals surface area contributed by atoms with Gasteiger partial charge in [0.05, 0.1) is 17.4 Å². The Morgan fingerprint density at radius 1 is 1.38 bits per heavy atom. The highest BCUT2D eigenvalue weighted by molar-refractivity contribution is 5.65. The number of nitrogens with zero attached hydrogens (tertiary/aromatic N) is 2. The number of fused-ring (bicyclic) bond motifs is 1. The van der Waals surface area contributed by atoms with Gasteiger partial charge < -0.3 is 19.5 Å². The number of methoxy groups -OCH3 is 1. The molecule has 5 heteroatoms. The van der Waals surface area contributed by atoms with Crippen LogP contribution in [0.1, 0.15) is 24.0 Å². The Balaban J connectivity index is 1.75. The first kappa shape index (κ1) is 15.1. The second-order valence-electron chi connectivity index (χ2n) is 8.68. The fraction of sp³-hybridized carbons (Fsp3) is 0.571. The molecule has 2 fully saturated rings. The first-order chi connectivity index (χ1) is 12.5. The molecule has 1 N–H and O–H groups in total. The van der Waals surface area contributed by atoms with Crippen LogP contribution in [-0.4, -0.2) is 48.5 Å². The number of likely N-dealkylation sites (tertiary alicyclic amines) is 1. The highest BCUT2D eigenvalue weighted by atomic mass is 16.6. The van der Waals surface area contributed by atoms with Crippen LogP contribution in [0, 0.1) is 22.7 Å². The summed E-state index contributed by atoms with van der Waals surface area (Å²) in [6.07, 6.45) is 6.86. The van der Waals surface area contributed by atoms with Crippen LogP contribution in [0.2, 0.25) is 0 Å². The lowest BCUT2D eigenvalue weighted by Crippen LogP contribution is -2.78. The van der Waals surface area contributed by atoms with Crippen molar-refractivity contribution in [2.45, 2.75) is 42.4 Å². The summed E-state index contributed by atoms with van der Waals surface area (Å²) in [7, 11) is 3.89. The van der Waals surface area contributed by atoms with E-state index in [0.29, 0.717) is 11.8 Å². The monoisotopic (exact) mass is 350 g/mol. The predicted molar refractivity (Wildman–Crippen MR) is 94.0 cm³/mol. The molecule has 0 aromatic heterocycles. The maximum Gasteiger partial charge on any atom is 0.165 e. The van der Waals surface area contributed by atoms with Gasteiger partial charge in [-0.15, -0.1) is 0 Å². The molecular weight excluding hydrogens is 328 g/mol. The molecule has 7 rings (SSSR count). The number of rotatable bonds is 1. The van der Waals surface area contributed by atoms with Gasteiger partial charge in [-0.1, -0.05) is 18.2 Å². The number of nitriles is 1. The number of ether oxygens (including phenoxy) is 2. The molecule has 2 heterocycles. The maximum absolute atomic E-state index is 10.6. The number of phenolic OH excluding ortho intramolecular Hbond substituents is 1. The van der Waals surface area contributed by atoms with Gasteiger partial charge in [-0.25, -0.2) is 0 Å². The summed E-state index contributed by atoms with van der Waals surface area (Å²) >= 11 is 0. The molecule has 1 unspecified atom stereocenters. The summed E-state index contributed by atoms with van der Waals surface area (Å²) < 4.78 is 12.6. The zero-order chi connectivity index (χ0) is 17.9. The van der Waals surface area contributed by atoms with Crippen LogP contribution >= 0.6 is 0 Å². The van der Waals surface area contributed by atoms with Crippen molar-refractivity contribution in [3.8, 4) is 17.6 Å². The van der Waals surface area contributed by atoms with Gasteiger partial charge in [0.1, 0.15) is 11.7 Å². The van der Waals surface area contributed by atoms with E-state index in [1.807, 2.05) is 0 Å². The summed E-state index contributed by atoms with van der Waals surface area (Å²) in [4.78, 5) is 2.46. The van der Waals surface area contributed by atoms with E-state index in [1.54, 1.807) is 13.2 Å². The van der Waals surface area contributed by atoms with Crippen LogP contribution < -0.4 is 4.74 Å². The van der Waals surface area contributed by atoms with Crippen molar-refractivity contribution < 1.29 is 14.6 Å². The van der Waals surface area contributed by atoms with Crippen molar-refractivity contribution in [2.75, 3.05) is 20.7 Å². The molecule has 1 saturated heterocycles. The van der Waals surface area contributed by atoms with Gasteiger partial charge in [0.2, 0.25) is 0 Å². The van der Waals surface area contributed by atoms with E-state index in [0.717, 1.165) is 25.8 Å². The molecule has 5 nitrogen and oxygen atoms in total. The molecule has 0 amide bonds. The Morgan fingerprint density at radius 3 is 3.00 bits per heavy atom. The van der Waals surface area contributed by atoms with E-state index in [2.05, 4.69) is 36.2 Å². The van der Waals surface area contributed by atoms with E-state index < -0.39 is 5.60 Å². The predicted octanol–water partition coefficient (Wildman–Crippen LogP) is 2.14. The van der Waals surface area contributed by atoms with Crippen LogP contribution in [-0.2, 0) is 16.6 Å². The van der Waals surface area contributed by atoms with E-state index >= 15 is 0 Å². The van der Waals surface area contributed by atoms with Gasteiger partial charge >= 0.3 is 0 Å². The highest BCUT2D eigenvalue weighted by Crippen LogP contribution is 2.74. The first-order valence-electron chi connectivity index (χ1n) is 9.41. The quantitative estimate of drug-likeness (QED) is 0.786. The lowest BCUT2D eigenvalue weighted by atomic mass is 9.37. The zero-order valence-electron chi connectivity index (χ0n) is 15.0. The molecule has 1 saturated carbocycles. The number of phenols is 1. The fourth-order valence-electron chi connectivity index (χ4n) is 7.20. The molecule has 4 bridgehead atoms. The van der Waals surface area contributed by atoms with Gasteiger partial charge in [-0.05, 0) is 44.5 Å². The second kappa shape index (κ2) is 4.27. The smallest absolute Gasteiger partial charge is 0.165 e. The first-order valence-corrected chi connectivity index (χ1v) is 9.41. The normalized spacial score (nSPS) is 46.6. The largest absolute Gasteiger partial charge is 0.504 e. The Kier molecular flexibility index (Phi) is 2.47. The minimum atomic E-state index is -0.753. The van der Waals surface area contributed by atoms with Gasteiger partial charge in [0.25, 0.3) is 0 Å². The second-order valence-corrected chi connectivity index (χ2v) is 8.68. The van der Waals surface area contributed by atoms with Crippen molar-refractivity contribution in [3.63, 3.8) is 0 Å². The van der Waals surface area contributed by atoms with Crippen molar-refractivity contribution in [3.05, 3.63) is 35.4 Å². The van der Waals surface area contributed by atoms with Gasteiger partial charge in [0.15, 0.2) is 11.5 Å². The standard InChI is InChI=1S/C21H22N2O3/c1-23-8-7-20-16-12-3-4-14(24)17(16)26-18(20)21(25-2)6-5-19(20,15(23)9-12)10-13(21)11-22/h3-6,13,15,18,24H,7-10H2,1-2H3/t13-,15+,18+,19+,20?,21+/m0/s1. The SMILES string of the molecule is CO[C@]12C=C[C@@]3(C[C@H]1C#N)[C@H]1Cc4ccc(O)c5c4C3(CCN1C)[C@H]2O5. The van der Waals surface area contributed by atoms with E-state index in [9.17, 15) is 10.4 Å². The van der Waals surface area contributed by atoms with Crippen molar-refractivity contribution in [1.82, 2.24) is 4.90 Å². The molecule has 26 heavy (non-hydrogen) atoms. The molecule has 0 radical (unpaired) electrons. The summed E-state index contributed by atoms with van der Waals surface area (Å²) in [5, 5.41) is 20.5. The Hall–Kier alpha value is -2.03. The summed E-state index contributed by atoms with van der Waals surface area (Å²) in [5.41, 5.74) is 1.36. The molecule has 134 valence electrons. The number of benzene rings is 1. The average molecular weight is 350 g/mol. The van der Waals surface area contributed by atoms with Crippen molar-refractivity contribution in [1.29, 1.82) is 5.26 Å². The van der Waals surface area contributed by atoms with E-state index in [4.69, 9.17) is 9.47 Å². The number of piperidine rings is 1. The molecule has 4 aliphatic carbocycles. The third-order valence-electron chi connectivity index (χ3n) is 8.23. The van der Waals surface area contributed by atoms with Crippen LogP contribution in [0.5, 0.6) is 11.5 Å². The van der Waals surface area contributed by atoms with E-state index in [1.165, 1.54) is 11.1 Å². The number of likely N-dealkylation sites (N-methyl/N-ethyl adjacent to an activating group) is 1. The zero-order valence-corrected chi connectivity index (χ0v) is 15.0. The minimum absolute atomic E-state index is 0.141. The summed E-state index contributed by atoms with van der Waals surface area (Å²) in [6, 6.07) is 6.68. The maximum atomic E-state index is 10.6. The molecule has 1 aromatic rings. The van der Waals surface area contributed by atoms with Crippen LogP contribution in [0.4, 0.5) is 0 Å². The van der Waals surface area contributed by atoms with Gasteiger partial charge in [-0.2, -0.15) is 5.26 Å². The lowest BCUT2D eigenvalue weighted by Gasteiger charge is -2.70. The fourth-order valence-corrected chi connectivity index (χ4v) is 7.20. The summed E-state index contributed by atoms with van der Waals surface area (Å²) in [5.74, 6) is 0.588. The van der Waals surface area contributed by atoms with Gasteiger partial charge in [-0.3, -0.25) is 0 Å².